The predicted molar refractivity (Wildman–Crippen MR) is 104 cm³/mol. The summed E-state index contributed by atoms with van der Waals surface area (Å²) in [6, 6.07) is 18.1. The molecule has 2 aromatic carbocycles. The number of carbonyl (C=O) groups excluding carboxylic acids is 1. The number of hydrogen-bond donors (Lipinski definition) is 1. The van der Waals surface area contributed by atoms with Crippen LogP contribution in [0.25, 0.3) is 0 Å². The van der Waals surface area contributed by atoms with Crippen molar-refractivity contribution in [3.63, 3.8) is 0 Å². The highest BCUT2D eigenvalue weighted by molar-refractivity contribution is 5.93. The van der Waals surface area contributed by atoms with Gasteiger partial charge in [-0.15, -0.1) is 0 Å². The van der Waals surface area contributed by atoms with E-state index >= 15 is 0 Å². The van der Waals surface area contributed by atoms with Gasteiger partial charge in [-0.25, -0.2) is 0 Å². The quantitative estimate of drug-likeness (QED) is 0.831. The van der Waals surface area contributed by atoms with Crippen molar-refractivity contribution >= 4 is 11.6 Å². The van der Waals surface area contributed by atoms with Crippen molar-refractivity contribution in [2.75, 3.05) is 44.6 Å². The Balaban J connectivity index is 1.45. The fraction of sp³-hybridized carbons (Fsp3) is 0.381. The lowest BCUT2D eigenvalue weighted by molar-refractivity contribution is -0.117. The molecule has 1 aliphatic heterocycles. The first-order chi connectivity index (χ1) is 12.7. The number of nitrogens with one attached hydrogen (secondary N) is 1. The van der Waals surface area contributed by atoms with E-state index in [4.69, 9.17) is 4.74 Å². The Bertz CT molecular complexity index is 697. The first-order valence-electron chi connectivity index (χ1n) is 9.25. The van der Waals surface area contributed by atoms with Crippen molar-refractivity contribution in [1.82, 2.24) is 9.80 Å². The van der Waals surface area contributed by atoms with Crippen LogP contribution in [-0.4, -0.2) is 55.0 Å². The Labute approximate surface area is 155 Å². The minimum absolute atomic E-state index is 0.00802. The largest absolute Gasteiger partial charge is 0.492 e. The van der Waals surface area contributed by atoms with Crippen LogP contribution in [0.1, 0.15) is 12.5 Å². The van der Waals surface area contributed by atoms with Crippen molar-refractivity contribution in [1.29, 1.82) is 0 Å². The second-order valence-electron chi connectivity index (χ2n) is 6.52. The molecule has 0 saturated carbocycles. The maximum absolute atomic E-state index is 12.4. The lowest BCUT2D eigenvalue weighted by Crippen LogP contribution is -2.48. The molecule has 138 valence electrons. The van der Waals surface area contributed by atoms with Gasteiger partial charge in [0.1, 0.15) is 5.75 Å². The Morgan fingerprint density at radius 3 is 2.35 bits per heavy atom. The third-order valence-corrected chi connectivity index (χ3v) is 4.54. The summed E-state index contributed by atoms with van der Waals surface area (Å²) in [5.41, 5.74) is 2.08. The van der Waals surface area contributed by atoms with E-state index in [1.807, 2.05) is 37.3 Å². The number of anilines is 1. The smallest absolute Gasteiger partial charge is 0.238 e. The summed E-state index contributed by atoms with van der Waals surface area (Å²) in [6.45, 7) is 7.70. The van der Waals surface area contributed by atoms with Crippen LogP contribution >= 0.6 is 0 Å². The number of hydrogen-bond acceptors (Lipinski definition) is 4. The molecule has 26 heavy (non-hydrogen) atoms. The van der Waals surface area contributed by atoms with E-state index in [0.717, 1.165) is 44.2 Å². The number of nitrogens with zero attached hydrogens (tertiary/aromatic N) is 2. The zero-order valence-electron chi connectivity index (χ0n) is 15.4. The monoisotopic (exact) mass is 353 g/mol. The van der Waals surface area contributed by atoms with E-state index in [1.54, 1.807) is 0 Å². The van der Waals surface area contributed by atoms with Gasteiger partial charge >= 0.3 is 0 Å². The second kappa shape index (κ2) is 9.36. The number of amides is 1. The fourth-order valence-electron chi connectivity index (χ4n) is 3.19. The van der Waals surface area contributed by atoms with Crippen LogP contribution in [0.5, 0.6) is 5.75 Å². The molecule has 1 fully saturated rings. The molecule has 0 aromatic heterocycles. The van der Waals surface area contributed by atoms with Gasteiger partial charge in [-0.1, -0.05) is 42.5 Å². The van der Waals surface area contributed by atoms with E-state index in [0.29, 0.717) is 13.2 Å². The van der Waals surface area contributed by atoms with Crippen LogP contribution in [0.3, 0.4) is 0 Å². The Hall–Kier alpha value is -2.37. The van der Waals surface area contributed by atoms with Crippen LogP contribution in [0.15, 0.2) is 54.6 Å². The van der Waals surface area contributed by atoms with Gasteiger partial charge in [0.2, 0.25) is 5.91 Å². The SMILES string of the molecule is CCOc1ccccc1NC(=O)CN1CCN(Cc2ccccc2)CC1. The maximum Gasteiger partial charge on any atom is 0.238 e. The Kier molecular flexibility index (Phi) is 6.63. The molecule has 1 aliphatic rings. The Morgan fingerprint density at radius 2 is 1.62 bits per heavy atom. The van der Waals surface area contributed by atoms with Crippen molar-refractivity contribution < 1.29 is 9.53 Å². The molecule has 5 heteroatoms. The van der Waals surface area contributed by atoms with E-state index in [2.05, 4.69) is 39.4 Å². The number of piperazine rings is 1. The third kappa shape index (κ3) is 5.31. The number of para-hydroxylation sites is 2. The van der Waals surface area contributed by atoms with Crippen molar-refractivity contribution in [2.24, 2.45) is 0 Å². The summed E-state index contributed by atoms with van der Waals surface area (Å²) in [5, 5.41) is 2.97. The van der Waals surface area contributed by atoms with E-state index in [1.165, 1.54) is 5.56 Å². The van der Waals surface area contributed by atoms with Crippen molar-refractivity contribution in [2.45, 2.75) is 13.5 Å². The number of rotatable bonds is 7. The summed E-state index contributed by atoms with van der Waals surface area (Å²) in [4.78, 5) is 17.0. The molecule has 0 radical (unpaired) electrons. The summed E-state index contributed by atoms with van der Waals surface area (Å²) >= 11 is 0. The number of benzene rings is 2. The zero-order chi connectivity index (χ0) is 18.2. The first-order valence-corrected chi connectivity index (χ1v) is 9.25. The minimum Gasteiger partial charge on any atom is -0.492 e. The van der Waals surface area contributed by atoms with Crippen LogP contribution in [-0.2, 0) is 11.3 Å². The predicted octanol–water partition coefficient (Wildman–Crippen LogP) is 2.84. The molecule has 3 rings (SSSR count). The highest BCUT2D eigenvalue weighted by atomic mass is 16.5. The van der Waals surface area contributed by atoms with E-state index in [-0.39, 0.29) is 5.91 Å². The highest BCUT2D eigenvalue weighted by Gasteiger charge is 2.19. The third-order valence-electron chi connectivity index (χ3n) is 4.54. The molecule has 0 spiro atoms. The standard InChI is InChI=1S/C21H27N3O2/c1-2-26-20-11-7-6-10-19(20)22-21(25)17-24-14-12-23(13-15-24)16-18-8-4-3-5-9-18/h3-11H,2,12-17H2,1H3,(H,22,25). The van der Waals surface area contributed by atoms with Gasteiger partial charge in [0, 0.05) is 32.7 Å². The van der Waals surface area contributed by atoms with Gasteiger partial charge in [0.05, 0.1) is 18.8 Å². The van der Waals surface area contributed by atoms with Gasteiger partial charge in [0.15, 0.2) is 0 Å². The van der Waals surface area contributed by atoms with Crippen molar-refractivity contribution in [3.8, 4) is 5.75 Å². The van der Waals surface area contributed by atoms with Gasteiger partial charge in [-0.3, -0.25) is 14.6 Å². The van der Waals surface area contributed by atoms with Gasteiger partial charge in [-0.2, -0.15) is 0 Å². The zero-order valence-corrected chi connectivity index (χ0v) is 15.4. The maximum atomic E-state index is 12.4. The molecule has 1 N–H and O–H groups in total. The number of ether oxygens (including phenoxy) is 1. The lowest BCUT2D eigenvalue weighted by Gasteiger charge is -2.34. The number of carbonyl (C=O) groups is 1. The molecular formula is C21H27N3O2. The van der Waals surface area contributed by atoms with Gasteiger partial charge < -0.3 is 10.1 Å². The van der Waals surface area contributed by atoms with E-state index < -0.39 is 0 Å². The summed E-state index contributed by atoms with van der Waals surface area (Å²) < 4.78 is 5.56. The molecule has 0 unspecified atom stereocenters. The molecule has 1 saturated heterocycles. The average molecular weight is 353 g/mol. The van der Waals surface area contributed by atoms with Crippen LogP contribution in [0, 0.1) is 0 Å². The molecule has 0 atom stereocenters. The normalized spacial score (nSPS) is 15.6. The molecule has 1 heterocycles. The fourth-order valence-corrected chi connectivity index (χ4v) is 3.19. The summed E-state index contributed by atoms with van der Waals surface area (Å²) in [7, 11) is 0. The van der Waals surface area contributed by atoms with E-state index in [9.17, 15) is 4.79 Å². The highest BCUT2D eigenvalue weighted by Crippen LogP contribution is 2.23. The van der Waals surface area contributed by atoms with Crippen molar-refractivity contribution in [3.05, 3.63) is 60.2 Å². The lowest BCUT2D eigenvalue weighted by atomic mass is 10.2. The second-order valence-corrected chi connectivity index (χ2v) is 6.52. The minimum atomic E-state index is 0.00802. The first kappa shape index (κ1) is 18.4. The van der Waals surface area contributed by atoms with Gasteiger partial charge in [0.25, 0.3) is 0 Å². The molecule has 1 amide bonds. The molecule has 0 aliphatic carbocycles. The average Bonchev–Trinajstić information content (AvgIpc) is 2.66. The van der Waals surface area contributed by atoms with Crippen LogP contribution in [0.4, 0.5) is 5.69 Å². The Morgan fingerprint density at radius 1 is 0.962 bits per heavy atom. The topological polar surface area (TPSA) is 44.8 Å². The molecular weight excluding hydrogens is 326 g/mol. The molecule has 5 nitrogen and oxygen atoms in total. The van der Waals surface area contributed by atoms with Crippen LogP contribution in [0.2, 0.25) is 0 Å². The van der Waals surface area contributed by atoms with Crippen LogP contribution < -0.4 is 10.1 Å². The molecule has 2 aromatic rings. The molecule has 0 bridgehead atoms. The summed E-state index contributed by atoms with van der Waals surface area (Å²) in [5.74, 6) is 0.727. The summed E-state index contributed by atoms with van der Waals surface area (Å²) in [6.07, 6.45) is 0. The van der Waals surface area contributed by atoms with Gasteiger partial charge in [-0.05, 0) is 24.6 Å².